The summed E-state index contributed by atoms with van der Waals surface area (Å²) in [6.45, 7) is 5.07. The molecule has 0 saturated carbocycles. The molecule has 32 heavy (non-hydrogen) atoms. The van der Waals surface area contributed by atoms with Gasteiger partial charge >= 0.3 is 0 Å². The molecule has 0 unspecified atom stereocenters. The average molecular weight is 446 g/mol. The van der Waals surface area contributed by atoms with Crippen LogP contribution in [-0.4, -0.2) is 15.7 Å². The summed E-state index contributed by atoms with van der Waals surface area (Å²) in [5, 5.41) is 7.59. The molecule has 6 heteroatoms. The molecular formula is C26H24ClN3O2. The van der Waals surface area contributed by atoms with E-state index in [2.05, 4.69) is 10.4 Å². The maximum absolute atomic E-state index is 12.7. The third kappa shape index (κ3) is 5.18. The van der Waals surface area contributed by atoms with E-state index in [4.69, 9.17) is 16.3 Å². The Labute approximate surface area is 192 Å². The van der Waals surface area contributed by atoms with Crippen LogP contribution in [-0.2, 0) is 13.2 Å². The Hall–Kier alpha value is -3.57. The molecule has 4 rings (SSSR count). The van der Waals surface area contributed by atoms with Crippen molar-refractivity contribution >= 4 is 23.3 Å². The molecule has 0 spiro atoms. The van der Waals surface area contributed by atoms with Gasteiger partial charge in [-0.25, -0.2) is 0 Å². The lowest BCUT2D eigenvalue weighted by Gasteiger charge is -2.12. The number of nitrogens with zero attached hydrogens (tertiary/aromatic N) is 2. The normalized spacial score (nSPS) is 10.7. The largest absolute Gasteiger partial charge is 0.488 e. The van der Waals surface area contributed by atoms with Gasteiger partial charge in [0, 0.05) is 11.8 Å². The minimum atomic E-state index is -0.265. The topological polar surface area (TPSA) is 56.1 Å². The van der Waals surface area contributed by atoms with Crippen molar-refractivity contribution < 1.29 is 9.53 Å². The Morgan fingerprint density at radius 1 is 0.938 bits per heavy atom. The Bertz CT molecular complexity index is 1200. The molecule has 0 aliphatic carbocycles. The van der Waals surface area contributed by atoms with Crippen LogP contribution < -0.4 is 10.1 Å². The van der Waals surface area contributed by atoms with Gasteiger partial charge in [0.15, 0.2) is 5.82 Å². The van der Waals surface area contributed by atoms with Gasteiger partial charge in [0.05, 0.1) is 6.54 Å². The Kier molecular flexibility index (Phi) is 6.57. The van der Waals surface area contributed by atoms with Crippen LogP contribution in [0.3, 0.4) is 0 Å². The monoisotopic (exact) mass is 445 g/mol. The van der Waals surface area contributed by atoms with Crippen LogP contribution >= 0.6 is 11.6 Å². The second-order valence-electron chi connectivity index (χ2n) is 7.67. The predicted molar refractivity (Wildman–Crippen MR) is 127 cm³/mol. The SMILES string of the molecule is Cc1cccc(C)c1OCc1ccc(C(=O)Nc2nn(Cc3ccccc3)cc2Cl)cc1. The summed E-state index contributed by atoms with van der Waals surface area (Å²) in [4.78, 5) is 12.7. The maximum Gasteiger partial charge on any atom is 0.256 e. The zero-order valence-corrected chi connectivity index (χ0v) is 18.8. The van der Waals surface area contributed by atoms with Crippen molar-refractivity contribution in [3.05, 3.63) is 112 Å². The zero-order chi connectivity index (χ0) is 22.5. The van der Waals surface area contributed by atoms with E-state index < -0.39 is 0 Å². The number of carbonyl (C=O) groups is 1. The highest BCUT2D eigenvalue weighted by Gasteiger charge is 2.13. The van der Waals surface area contributed by atoms with E-state index in [0.29, 0.717) is 29.6 Å². The number of halogens is 1. The zero-order valence-electron chi connectivity index (χ0n) is 18.0. The molecule has 4 aromatic rings. The number of rotatable bonds is 7. The molecule has 1 N–H and O–H groups in total. The van der Waals surface area contributed by atoms with Crippen LogP contribution in [0.1, 0.15) is 32.6 Å². The number of ether oxygens (including phenoxy) is 1. The molecule has 0 aliphatic heterocycles. The number of aryl methyl sites for hydroxylation is 2. The van der Waals surface area contributed by atoms with Gasteiger partial charge in [0.2, 0.25) is 0 Å². The van der Waals surface area contributed by atoms with Gasteiger partial charge < -0.3 is 10.1 Å². The fourth-order valence-corrected chi connectivity index (χ4v) is 3.65. The first-order chi connectivity index (χ1) is 15.5. The van der Waals surface area contributed by atoms with Crippen molar-refractivity contribution in [2.75, 3.05) is 5.32 Å². The van der Waals surface area contributed by atoms with E-state index in [9.17, 15) is 4.79 Å². The van der Waals surface area contributed by atoms with Crippen LogP contribution in [0.5, 0.6) is 5.75 Å². The van der Waals surface area contributed by atoms with Gasteiger partial charge in [-0.2, -0.15) is 5.10 Å². The highest BCUT2D eigenvalue weighted by Crippen LogP contribution is 2.24. The van der Waals surface area contributed by atoms with Crippen LogP contribution in [0.25, 0.3) is 0 Å². The number of benzene rings is 3. The highest BCUT2D eigenvalue weighted by atomic mass is 35.5. The Balaban J connectivity index is 1.38. The molecule has 0 bridgehead atoms. The van der Waals surface area contributed by atoms with Crippen molar-refractivity contribution in [2.45, 2.75) is 27.0 Å². The smallest absolute Gasteiger partial charge is 0.256 e. The number of carbonyl (C=O) groups excluding carboxylic acids is 1. The lowest BCUT2D eigenvalue weighted by molar-refractivity contribution is 0.102. The fraction of sp³-hybridized carbons (Fsp3) is 0.154. The highest BCUT2D eigenvalue weighted by molar-refractivity contribution is 6.33. The molecule has 162 valence electrons. The van der Waals surface area contributed by atoms with Gasteiger partial charge in [-0.1, -0.05) is 72.3 Å². The number of para-hydroxylation sites is 1. The first-order valence-electron chi connectivity index (χ1n) is 10.4. The van der Waals surface area contributed by atoms with Crippen molar-refractivity contribution in [1.82, 2.24) is 9.78 Å². The molecule has 0 atom stereocenters. The summed E-state index contributed by atoms with van der Waals surface area (Å²) in [6, 6.07) is 23.3. The number of amides is 1. The number of nitrogens with one attached hydrogen (secondary N) is 1. The average Bonchev–Trinajstić information content (AvgIpc) is 3.13. The summed E-state index contributed by atoms with van der Waals surface area (Å²) >= 11 is 6.28. The maximum atomic E-state index is 12.7. The number of hydrogen-bond donors (Lipinski definition) is 1. The first-order valence-corrected chi connectivity index (χ1v) is 10.7. The summed E-state index contributed by atoms with van der Waals surface area (Å²) in [7, 11) is 0. The van der Waals surface area contributed by atoms with E-state index >= 15 is 0 Å². The molecule has 5 nitrogen and oxygen atoms in total. The molecule has 0 aliphatic rings. The Morgan fingerprint density at radius 3 is 2.31 bits per heavy atom. The van der Waals surface area contributed by atoms with Crippen LogP contribution in [0, 0.1) is 13.8 Å². The molecule has 1 amide bonds. The fourth-order valence-electron chi connectivity index (χ4n) is 3.45. The standard InChI is InChI=1S/C26H24ClN3O2/c1-18-7-6-8-19(2)24(18)32-17-21-11-13-22(14-12-21)26(31)28-25-23(27)16-30(29-25)15-20-9-4-3-5-10-20/h3-14,16H,15,17H2,1-2H3,(H,28,29,31). The van der Waals surface area contributed by atoms with Gasteiger partial charge in [0.25, 0.3) is 5.91 Å². The molecule has 1 aromatic heterocycles. The third-order valence-electron chi connectivity index (χ3n) is 5.14. The van der Waals surface area contributed by atoms with Crippen LogP contribution in [0.4, 0.5) is 5.82 Å². The minimum Gasteiger partial charge on any atom is -0.488 e. The van der Waals surface area contributed by atoms with Crippen molar-refractivity contribution in [3.8, 4) is 5.75 Å². The predicted octanol–water partition coefficient (Wildman–Crippen LogP) is 6.03. The van der Waals surface area contributed by atoms with Crippen LogP contribution in [0.2, 0.25) is 5.02 Å². The summed E-state index contributed by atoms with van der Waals surface area (Å²) in [6.07, 6.45) is 1.71. The quantitative estimate of drug-likeness (QED) is 0.377. The van der Waals surface area contributed by atoms with Crippen molar-refractivity contribution in [2.24, 2.45) is 0 Å². The van der Waals surface area contributed by atoms with Gasteiger partial charge in [0.1, 0.15) is 17.4 Å². The van der Waals surface area contributed by atoms with Gasteiger partial charge in [-0.15, -0.1) is 0 Å². The van der Waals surface area contributed by atoms with E-state index in [0.717, 1.165) is 28.0 Å². The molecule has 0 radical (unpaired) electrons. The van der Waals surface area contributed by atoms with Gasteiger partial charge in [-0.05, 0) is 48.2 Å². The molecule has 0 saturated heterocycles. The van der Waals surface area contributed by atoms with E-state index in [1.54, 1.807) is 23.0 Å². The van der Waals surface area contributed by atoms with E-state index in [-0.39, 0.29) is 5.91 Å². The molecule has 1 heterocycles. The first kappa shape index (κ1) is 21.7. The van der Waals surface area contributed by atoms with E-state index in [1.165, 1.54) is 0 Å². The molecule has 0 fully saturated rings. The number of hydrogen-bond acceptors (Lipinski definition) is 3. The van der Waals surface area contributed by atoms with Crippen LogP contribution in [0.15, 0.2) is 79.0 Å². The molecular weight excluding hydrogens is 422 g/mol. The summed E-state index contributed by atoms with van der Waals surface area (Å²) in [5.41, 5.74) is 4.81. The Morgan fingerprint density at radius 2 is 1.62 bits per heavy atom. The minimum absolute atomic E-state index is 0.265. The third-order valence-corrected chi connectivity index (χ3v) is 5.42. The van der Waals surface area contributed by atoms with Gasteiger partial charge in [-0.3, -0.25) is 9.48 Å². The summed E-state index contributed by atoms with van der Waals surface area (Å²) < 4.78 is 7.70. The number of aromatic nitrogens is 2. The van der Waals surface area contributed by atoms with Crippen molar-refractivity contribution in [1.29, 1.82) is 0 Å². The van der Waals surface area contributed by atoms with Crippen molar-refractivity contribution in [3.63, 3.8) is 0 Å². The lowest BCUT2D eigenvalue weighted by atomic mass is 10.1. The number of anilines is 1. The molecule has 3 aromatic carbocycles. The second kappa shape index (κ2) is 9.71. The second-order valence-corrected chi connectivity index (χ2v) is 8.08. The van der Waals surface area contributed by atoms with E-state index in [1.807, 2.05) is 74.5 Å². The summed E-state index contributed by atoms with van der Waals surface area (Å²) in [5.74, 6) is 0.976. The lowest BCUT2D eigenvalue weighted by Crippen LogP contribution is -2.13.